The highest BCUT2D eigenvalue weighted by Crippen LogP contribution is 2.35. The lowest BCUT2D eigenvalue weighted by atomic mass is 9.87. The zero-order valence-electron chi connectivity index (χ0n) is 16.5. The number of rotatable bonds is 6. The quantitative estimate of drug-likeness (QED) is 0.768. The number of hydrogen-bond acceptors (Lipinski definition) is 4. The third-order valence-corrected chi connectivity index (χ3v) is 5.81. The van der Waals surface area contributed by atoms with E-state index in [0.29, 0.717) is 17.1 Å². The van der Waals surface area contributed by atoms with E-state index in [1.165, 1.54) is 17.3 Å². The van der Waals surface area contributed by atoms with Gasteiger partial charge in [0, 0.05) is 18.9 Å². The molecule has 0 radical (unpaired) electrons. The molecule has 6 heteroatoms. The number of aryl methyl sites for hydroxylation is 2. The molecule has 148 valence electrons. The Morgan fingerprint density at radius 3 is 2.38 bits per heavy atom. The van der Waals surface area contributed by atoms with Gasteiger partial charge in [0.2, 0.25) is 11.8 Å². The minimum Gasteiger partial charge on any atom is -0.351 e. The highest BCUT2D eigenvalue weighted by molar-refractivity contribution is 8.03. The van der Waals surface area contributed by atoms with Gasteiger partial charge < -0.3 is 10.6 Å². The lowest BCUT2D eigenvalue weighted by molar-refractivity contribution is -0.121. The summed E-state index contributed by atoms with van der Waals surface area (Å²) in [5.74, 6) is -0.440. The Bertz CT molecular complexity index is 973. The molecule has 2 aromatic carbocycles. The van der Waals surface area contributed by atoms with E-state index < -0.39 is 0 Å². The second kappa shape index (κ2) is 9.44. The molecule has 0 unspecified atom stereocenters. The van der Waals surface area contributed by atoms with Crippen LogP contribution in [0, 0.1) is 25.2 Å². The van der Waals surface area contributed by atoms with Crippen LogP contribution in [0.5, 0.6) is 0 Å². The fourth-order valence-electron chi connectivity index (χ4n) is 3.11. The van der Waals surface area contributed by atoms with Crippen molar-refractivity contribution in [1.29, 1.82) is 5.26 Å². The van der Waals surface area contributed by atoms with Gasteiger partial charge in [-0.3, -0.25) is 9.59 Å². The minimum atomic E-state index is -0.285. The Kier molecular flexibility index (Phi) is 6.73. The van der Waals surface area contributed by atoms with Gasteiger partial charge in [0.05, 0.1) is 22.4 Å². The summed E-state index contributed by atoms with van der Waals surface area (Å²) < 4.78 is 0. The molecule has 0 saturated heterocycles. The van der Waals surface area contributed by atoms with Crippen molar-refractivity contribution in [3.8, 4) is 6.07 Å². The van der Waals surface area contributed by atoms with Crippen molar-refractivity contribution < 1.29 is 9.59 Å². The lowest BCUT2D eigenvalue weighted by Gasteiger charge is -2.25. The summed E-state index contributed by atoms with van der Waals surface area (Å²) in [5.41, 5.74) is 4.75. The van der Waals surface area contributed by atoms with Crippen LogP contribution >= 0.6 is 11.8 Å². The van der Waals surface area contributed by atoms with Crippen LogP contribution in [-0.2, 0) is 16.1 Å². The molecule has 2 aromatic rings. The zero-order valence-corrected chi connectivity index (χ0v) is 17.3. The number of nitrogens with zero attached hydrogens (tertiary/aromatic N) is 1. The summed E-state index contributed by atoms with van der Waals surface area (Å²) in [7, 11) is 0. The molecule has 0 spiro atoms. The number of amides is 2. The predicted molar refractivity (Wildman–Crippen MR) is 115 cm³/mol. The Hall–Kier alpha value is -3.04. The number of benzene rings is 2. The number of carbonyl (C=O) groups excluding carboxylic acids is 2. The van der Waals surface area contributed by atoms with E-state index in [1.54, 1.807) is 0 Å². The van der Waals surface area contributed by atoms with Crippen LogP contribution in [0.1, 0.15) is 34.6 Å². The van der Waals surface area contributed by atoms with Gasteiger partial charge in [-0.25, -0.2) is 0 Å². The molecule has 29 heavy (non-hydrogen) atoms. The summed E-state index contributed by atoms with van der Waals surface area (Å²) in [5, 5.41) is 15.8. The maximum absolute atomic E-state index is 12.2. The van der Waals surface area contributed by atoms with E-state index in [2.05, 4.69) is 16.7 Å². The Morgan fingerprint density at radius 2 is 1.76 bits per heavy atom. The van der Waals surface area contributed by atoms with E-state index in [9.17, 15) is 14.9 Å². The van der Waals surface area contributed by atoms with Crippen molar-refractivity contribution in [2.45, 2.75) is 32.7 Å². The molecule has 1 heterocycles. The van der Waals surface area contributed by atoms with Crippen molar-refractivity contribution in [2.75, 3.05) is 5.75 Å². The van der Waals surface area contributed by atoms with E-state index in [1.807, 2.05) is 62.4 Å². The summed E-state index contributed by atoms with van der Waals surface area (Å²) in [6.07, 6.45) is 0.232. The van der Waals surface area contributed by atoms with Crippen LogP contribution in [0.4, 0.5) is 0 Å². The van der Waals surface area contributed by atoms with Crippen molar-refractivity contribution in [1.82, 2.24) is 10.6 Å². The van der Waals surface area contributed by atoms with Crippen LogP contribution in [0.3, 0.4) is 0 Å². The van der Waals surface area contributed by atoms with Gasteiger partial charge in [-0.1, -0.05) is 71.4 Å². The predicted octanol–water partition coefficient (Wildman–Crippen LogP) is 3.69. The Morgan fingerprint density at radius 1 is 1.14 bits per heavy atom. The van der Waals surface area contributed by atoms with Gasteiger partial charge >= 0.3 is 0 Å². The molecule has 2 amide bonds. The van der Waals surface area contributed by atoms with Crippen molar-refractivity contribution in [3.63, 3.8) is 0 Å². The topological polar surface area (TPSA) is 82.0 Å². The summed E-state index contributed by atoms with van der Waals surface area (Å²) in [6, 6.07) is 18.1. The second-order valence-electron chi connectivity index (χ2n) is 7.12. The minimum absolute atomic E-state index is 0.132. The highest BCUT2D eigenvalue weighted by Gasteiger charge is 2.29. The average molecular weight is 406 g/mol. The maximum Gasteiger partial charge on any atom is 0.230 e. The van der Waals surface area contributed by atoms with Gasteiger partial charge in [-0.2, -0.15) is 5.26 Å². The summed E-state index contributed by atoms with van der Waals surface area (Å²) >= 11 is 1.19. The third-order valence-electron chi connectivity index (χ3n) is 4.79. The first-order valence-corrected chi connectivity index (χ1v) is 10.4. The lowest BCUT2D eigenvalue weighted by Crippen LogP contribution is -2.32. The van der Waals surface area contributed by atoms with E-state index in [4.69, 9.17) is 0 Å². The van der Waals surface area contributed by atoms with Crippen LogP contribution in [0.15, 0.2) is 59.1 Å². The van der Waals surface area contributed by atoms with Crippen LogP contribution < -0.4 is 10.6 Å². The first-order chi connectivity index (χ1) is 14.0. The number of nitrogens with one attached hydrogen (secondary N) is 2. The smallest absolute Gasteiger partial charge is 0.230 e. The molecule has 0 fully saturated rings. The van der Waals surface area contributed by atoms with Crippen molar-refractivity contribution in [2.24, 2.45) is 0 Å². The first kappa shape index (κ1) is 20.7. The summed E-state index contributed by atoms with van der Waals surface area (Å²) in [6.45, 7) is 4.46. The molecule has 3 rings (SSSR count). The molecule has 2 N–H and O–H groups in total. The van der Waals surface area contributed by atoms with Crippen molar-refractivity contribution >= 4 is 23.6 Å². The number of thioether (sulfide) groups is 1. The van der Waals surface area contributed by atoms with Crippen LogP contribution in [-0.4, -0.2) is 17.6 Å². The molecule has 1 atom stereocenters. The number of hydrogen-bond donors (Lipinski definition) is 2. The standard InChI is InChI=1S/C23H23N3O2S/c1-15-3-7-17(8-4-15)13-25-22(28)14-29-23-20(12-24)19(11-21(27)26-23)18-9-5-16(2)6-10-18/h3-10,19H,11,13-14H2,1-2H3,(H,25,28)(H,26,27)/t19-/m1/s1. The Balaban J connectivity index is 1.66. The highest BCUT2D eigenvalue weighted by atomic mass is 32.2. The molecule has 0 aliphatic carbocycles. The monoisotopic (exact) mass is 405 g/mol. The third kappa shape index (κ3) is 5.49. The van der Waals surface area contributed by atoms with Crippen LogP contribution in [0.25, 0.3) is 0 Å². The number of carbonyl (C=O) groups is 2. The second-order valence-corrected chi connectivity index (χ2v) is 8.11. The van der Waals surface area contributed by atoms with Gasteiger partial charge in [-0.15, -0.1) is 0 Å². The molecule has 1 aliphatic rings. The van der Waals surface area contributed by atoms with E-state index >= 15 is 0 Å². The molecular formula is C23H23N3O2S. The normalized spacial score (nSPS) is 16.2. The SMILES string of the molecule is Cc1ccc(CNC(=O)CSC2=C(C#N)[C@@H](c3ccc(C)cc3)CC(=O)N2)cc1. The molecule has 0 saturated carbocycles. The van der Waals surface area contributed by atoms with Crippen LogP contribution in [0.2, 0.25) is 0 Å². The maximum atomic E-state index is 12.2. The van der Waals surface area contributed by atoms with E-state index in [-0.39, 0.29) is 29.9 Å². The van der Waals surface area contributed by atoms with Gasteiger partial charge in [0.1, 0.15) is 0 Å². The van der Waals surface area contributed by atoms with Gasteiger partial charge in [0.25, 0.3) is 0 Å². The molecule has 1 aliphatic heterocycles. The molecule has 0 bridgehead atoms. The summed E-state index contributed by atoms with van der Waals surface area (Å²) in [4.78, 5) is 24.4. The van der Waals surface area contributed by atoms with Gasteiger partial charge in [0.15, 0.2) is 0 Å². The average Bonchev–Trinajstić information content (AvgIpc) is 2.72. The molecule has 0 aromatic heterocycles. The number of nitriles is 1. The largest absolute Gasteiger partial charge is 0.351 e. The fourth-order valence-corrected chi connectivity index (χ4v) is 4.02. The number of allylic oxidation sites excluding steroid dienone is 1. The molecular weight excluding hydrogens is 382 g/mol. The zero-order chi connectivity index (χ0) is 20.8. The van der Waals surface area contributed by atoms with E-state index in [0.717, 1.165) is 16.7 Å². The van der Waals surface area contributed by atoms with Gasteiger partial charge in [-0.05, 0) is 25.0 Å². The molecule has 5 nitrogen and oxygen atoms in total. The first-order valence-electron chi connectivity index (χ1n) is 9.42. The Labute approximate surface area is 175 Å². The van der Waals surface area contributed by atoms with Crippen molar-refractivity contribution in [3.05, 3.63) is 81.4 Å². The fraction of sp³-hybridized carbons (Fsp3) is 0.261.